The first kappa shape index (κ1) is 13.9. The fourth-order valence-electron chi connectivity index (χ4n) is 1.17. The average molecular weight is 267 g/mol. The molecule has 0 heterocycles. The molecule has 0 bridgehead atoms. The van der Waals surface area contributed by atoms with Gasteiger partial charge in [0, 0.05) is 6.92 Å². The minimum Gasteiger partial charge on any atom is -0.493 e. The van der Waals surface area contributed by atoms with Gasteiger partial charge in [0.1, 0.15) is 0 Å². The number of benzene rings is 1. The Balaban J connectivity index is 2.87. The lowest BCUT2D eigenvalue weighted by Crippen LogP contribution is -2.23. The summed E-state index contributed by atoms with van der Waals surface area (Å²) >= 11 is 4.60. The summed E-state index contributed by atoms with van der Waals surface area (Å²) in [5, 5.41) is 3.88. The van der Waals surface area contributed by atoms with E-state index in [1.807, 2.05) is 0 Å². The van der Waals surface area contributed by atoms with E-state index in [1.54, 1.807) is 18.2 Å². The number of thiocarbonyl (C=S) groups is 1. The molecule has 0 spiro atoms. The minimum atomic E-state index is -0.412. The molecule has 0 fully saturated rings. The highest BCUT2D eigenvalue weighted by molar-refractivity contribution is 7.80. The summed E-state index contributed by atoms with van der Waals surface area (Å²) in [5.74, 6) is 0.374. The van der Waals surface area contributed by atoms with Gasteiger partial charge in [0.05, 0.1) is 13.3 Å². The summed E-state index contributed by atoms with van der Waals surface area (Å²) in [6.45, 7) is 1.32. The number of rotatable bonds is 4. The smallest absolute Gasteiger partial charge is 0.308 e. The van der Waals surface area contributed by atoms with Crippen molar-refractivity contribution >= 4 is 29.5 Å². The van der Waals surface area contributed by atoms with Crippen molar-refractivity contribution < 1.29 is 14.3 Å². The normalized spacial score (nSPS) is 10.1. The fourth-order valence-corrected chi connectivity index (χ4v) is 1.23. The largest absolute Gasteiger partial charge is 0.493 e. The summed E-state index contributed by atoms with van der Waals surface area (Å²) in [4.78, 5) is 10.9. The van der Waals surface area contributed by atoms with Crippen LogP contribution in [0.1, 0.15) is 12.5 Å². The Morgan fingerprint density at radius 3 is 2.78 bits per heavy atom. The fraction of sp³-hybridized carbons (Fsp3) is 0.182. The van der Waals surface area contributed by atoms with Crippen molar-refractivity contribution in [2.75, 3.05) is 7.11 Å². The molecule has 1 rings (SSSR count). The Hall–Kier alpha value is -2.15. The topological polar surface area (TPSA) is 85.9 Å². The molecule has 0 radical (unpaired) electrons. The molecule has 6 nitrogen and oxygen atoms in total. The van der Waals surface area contributed by atoms with E-state index < -0.39 is 5.97 Å². The van der Waals surface area contributed by atoms with E-state index in [2.05, 4.69) is 22.7 Å². The number of carbonyl (C=O) groups excluding carboxylic acids is 1. The monoisotopic (exact) mass is 267 g/mol. The van der Waals surface area contributed by atoms with Gasteiger partial charge in [-0.3, -0.25) is 10.2 Å². The molecule has 96 valence electrons. The van der Waals surface area contributed by atoms with Crippen LogP contribution in [0.15, 0.2) is 23.3 Å². The molecule has 0 saturated heterocycles. The summed E-state index contributed by atoms with van der Waals surface area (Å²) in [6, 6.07) is 5.00. The maximum absolute atomic E-state index is 10.9. The number of hydrogen-bond donors (Lipinski definition) is 2. The molecule has 0 aliphatic rings. The van der Waals surface area contributed by atoms with Gasteiger partial charge in [-0.1, -0.05) is 0 Å². The van der Waals surface area contributed by atoms with Crippen LogP contribution in [-0.4, -0.2) is 24.4 Å². The molecule has 0 atom stereocenters. The van der Waals surface area contributed by atoms with Crippen molar-refractivity contribution in [2.24, 2.45) is 10.8 Å². The van der Waals surface area contributed by atoms with Crippen LogP contribution in [0.4, 0.5) is 0 Å². The molecule has 0 aromatic heterocycles. The molecule has 0 unspecified atom stereocenters. The highest BCUT2D eigenvalue weighted by Gasteiger charge is 2.07. The van der Waals surface area contributed by atoms with Gasteiger partial charge in [0.25, 0.3) is 0 Å². The van der Waals surface area contributed by atoms with Gasteiger partial charge in [-0.05, 0) is 36.0 Å². The molecule has 18 heavy (non-hydrogen) atoms. The second kappa shape index (κ2) is 6.55. The summed E-state index contributed by atoms with van der Waals surface area (Å²) in [7, 11) is 1.48. The molecular weight excluding hydrogens is 254 g/mol. The number of methoxy groups -OCH3 is 1. The van der Waals surface area contributed by atoms with Crippen molar-refractivity contribution in [3.05, 3.63) is 23.8 Å². The lowest BCUT2D eigenvalue weighted by atomic mass is 10.2. The highest BCUT2D eigenvalue weighted by Crippen LogP contribution is 2.27. The molecule has 0 amide bonds. The molecule has 1 aromatic rings. The van der Waals surface area contributed by atoms with Crippen LogP contribution in [0.25, 0.3) is 0 Å². The number of nitrogens with two attached hydrogens (primary N) is 1. The van der Waals surface area contributed by atoms with Crippen molar-refractivity contribution in [2.45, 2.75) is 6.92 Å². The molecule has 0 saturated carbocycles. The van der Waals surface area contributed by atoms with Crippen LogP contribution >= 0.6 is 12.2 Å². The predicted octanol–water partition coefficient (Wildman–Crippen LogP) is 0.788. The van der Waals surface area contributed by atoms with E-state index >= 15 is 0 Å². The minimum absolute atomic E-state index is 0.0785. The van der Waals surface area contributed by atoms with Gasteiger partial charge in [0.15, 0.2) is 16.6 Å². The zero-order valence-corrected chi connectivity index (χ0v) is 10.8. The van der Waals surface area contributed by atoms with Crippen LogP contribution in [0, 0.1) is 0 Å². The number of carbonyl (C=O) groups is 1. The van der Waals surface area contributed by atoms with Crippen molar-refractivity contribution in [1.82, 2.24) is 5.43 Å². The van der Waals surface area contributed by atoms with Crippen LogP contribution in [0.5, 0.6) is 11.5 Å². The van der Waals surface area contributed by atoms with E-state index in [0.717, 1.165) is 5.56 Å². The SMILES string of the molecule is COc1cc(C=NNC(N)=S)ccc1OC(C)=O. The third-order valence-corrected chi connectivity index (χ3v) is 1.92. The van der Waals surface area contributed by atoms with Crippen molar-refractivity contribution in [3.63, 3.8) is 0 Å². The third-order valence-electron chi connectivity index (χ3n) is 1.83. The van der Waals surface area contributed by atoms with Gasteiger partial charge in [-0.25, -0.2) is 0 Å². The van der Waals surface area contributed by atoms with Gasteiger partial charge >= 0.3 is 5.97 Å². The van der Waals surface area contributed by atoms with E-state index in [-0.39, 0.29) is 5.11 Å². The number of nitrogens with zero attached hydrogens (tertiary/aromatic N) is 1. The van der Waals surface area contributed by atoms with Crippen molar-refractivity contribution in [1.29, 1.82) is 0 Å². The third kappa shape index (κ3) is 4.38. The first-order chi connectivity index (χ1) is 8.52. The van der Waals surface area contributed by atoms with E-state index in [4.69, 9.17) is 15.2 Å². The summed E-state index contributed by atoms with van der Waals surface area (Å²) in [6.07, 6.45) is 1.51. The zero-order chi connectivity index (χ0) is 13.5. The first-order valence-electron chi connectivity index (χ1n) is 4.98. The second-order valence-corrected chi connectivity index (χ2v) is 3.68. The summed E-state index contributed by atoms with van der Waals surface area (Å²) < 4.78 is 10.1. The van der Waals surface area contributed by atoms with Crippen LogP contribution in [0.2, 0.25) is 0 Å². The molecule has 0 aliphatic carbocycles. The number of nitrogens with one attached hydrogen (secondary N) is 1. The molecular formula is C11H13N3O3S. The Morgan fingerprint density at radius 2 is 2.22 bits per heavy atom. The van der Waals surface area contributed by atoms with Gasteiger partial charge in [-0.2, -0.15) is 5.10 Å². The van der Waals surface area contributed by atoms with E-state index in [0.29, 0.717) is 11.5 Å². The van der Waals surface area contributed by atoms with Crippen LogP contribution in [-0.2, 0) is 4.79 Å². The second-order valence-electron chi connectivity index (χ2n) is 3.24. The Bertz CT molecular complexity index is 488. The molecule has 0 aliphatic heterocycles. The average Bonchev–Trinajstić information content (AvgIpc) is 2.29. The summed E-state index contributed by atoms with van der Waals surface area (Å²) in [5.41, 5.74) is 8.39. The molecule has 7 heteroatoms. The number of esters is 1. The number of hydrazone groups is 1. The Morgan fingerprint density at radius 1 is 1.50 bits per heavy atom. The van der Waals surface area contributed by atoms with Gasteiger partial charge in [-0.15, -0.1) is 0 Å². The molecule has 3 N–H and O–H groups in total. The maximum Gasteiger partial charge on any atom is 0.308 e. The van der Waals surface area contributed by atoms with Gasteiger partial charge < -0.3 is 15.2 Å². The Kier molecular flexibility index (Phi) is 5.06. The Labute approximate surface area is 110 Å². The standard InChI is InChI=1S/C11H13N3O3S/c1-7(15)17-9-4-3-8(5-10(9)16-2)6-13-14-11(12)18/h3-6H,1-2H3,(H3,12,14,18). The highest BCUT2D eigenvalue weighted by atomic mass is 32.1. The van der Waals surface area contributed by atoms with Crippen LogP contribution < -0.4 is 20.6 Å². The maximum atomic E-state index is 10.9. The predicted molar refractivity (Wildman–Crippen MR) is 71.8 cm³/mol. The van der Waals surface area contributed by atoms with Gasteiger partial charge in [0.2, 0.25) is 0 Å². The quantitative estimate of drug-likeness (QED) is 0.276. The molecule has 1 aromatic carbocycles. The lowest BCUT2D eigenvalue weighted by Gasteiger charge is -2.08. The first-order valence-corrected chi connectivity index (χ1v) is 5.38. The number of hydrogen-bond acceptors (Lipinski definition) is 5. The lowest BCUT2D eigenvalue weighted by molar-refractivity contribution is -0.132. The van der Waals surface area contributed by atoms with E-state index in [1.165, 1.54) is 20.2 Å². The van der Waals surface area contributed by atoms with Crippen LogP contribution in [0.3, 0.4) is 0 Å². The van der Waals surface area contributed by atoms with Crippen molar-refractivity contribution in [3.8, 4) is 11.5 Å². The number of ether oxygens (including phenoxy) is 2. The van der Waals surface area contributed by atoms with E-state index in [9.17, 15) is 4.79 Å². The zero-order valence-electron chi connectivity index (χ0n) is 9.97.